The third-order valence-corrected chi connectivity index (χ3v) is 4.84. The molecule has 0 bridgehead atoms. The van der Waals surface area contributed by atoms with E-state index in [0.717, 1.165) is 4.31 Å². The maximum atomic E-state index is 12.5. The predicted octanol–water partition coefficient (Wildman–Crippen LogP) is 2.89. The highest BCUT2D eigenvalue weighted by Gasteiger charge is 2.27. The summed E-state index contributed by atoms with van der Waals surface area (Å²) in [6, 6.07) is 8.90. The van der Waals surface area contributed by atoms with Crippen molar-refractivity contribution in [2.24, 2.45) is 0 Å². The van der Waals surface area contributed by atoms with Gasteiger partial charge in [0.25, 0.3) is 0 Å². The van der Waals surface area contributed by atoms with E-state index in [4.69, 9.17) is 27.6 Å². The van der Waals surface area contributed by atoms with E-state index in [1.54, 1.807) is 12.1 Å². The van der Waals surface area contributed by atoms with Crippen molar-refractivity contribution in [3.8, 4) is 0 Å². The normalized spacial score (nSPS) is 11.8. The largest absolute Gasteiger partial charge is 0.468 e. The van der Waals surface area contributed by atoms with E-state index < -0.39 is 21.8 Å². The van der Waals surface area contributed by atoms with Crippen molar-refractivity contribution in [2.75, 3.05) is 6.54 Å². The van der Waals surface area contributed by atoms with Crippen molar-refractivity contribution in [1.29, 1.82) is 0 Å². The highest BCUT2D eigenvalue weighted by molar-refractivity contribution is 7.89. The molecule has 1 aromatic heterocycles. The number of benzene rings is 1. The number of carbonyl (C=O) groups excluding carboxylic acids is 1. The van der Waals surface area contributed by atoms with E-state index >= 15 is 0 Å². The van der Waals surface area contributed by atoms with Gasteiger partial charge in [-0.25, -0.2) is 8.42 Å². The van der Waals surface area contributed by atoms with Crippen LogP contribution in [-0.4, -0.2) is 24.5 Å². The Bertz CT molecular complexity index is 711. The van der Waals surface area contributed by atoms with Gasteiger partial charge < -0.3 is 4.42 Å². The number of hydrogen-bond donors (Lipinski definition) is 0. The van der Waals surface area contributed by atoms with Crippen LogP contribution in [0.4, 0.5) is 0 Å². The fraction of sp³-hybridized carbons (Fsp3) is 0.154. The van der Waals surface area contributed by atoms with Gasteiger partial charge >= 0.3 is 0 Å². The lowest BCUT2D eigenvalue weighted by Gasteiger charge is -2.19. The zero-order chi connectivity index (χ0) is 15.5. The smallest absolute Gasteiger partial charge is 0.243 e. The quantitative estimate of drug-likeness (QED) is 0.753. The summed E-state index contributed by atoms with van der Waals surface area (Å²) in [5, 5.41) is -0.362. The summed E-state index contributed by atoms with van der Waals surface area (Å²) < 4.78 is 31.1. The van der Waals surface area contributed by atoms with Gasteiger partial charge in [-0.2, -0.15) is 4.31 Å². The lowest BCUT2D eigenvalue weighted by atomic mass is 10.4. The second-order valence-electron chi connectivity index (χ2n) is 4.16. The Labute approximate surface area is 132 Å². The molecular weight excluding hydrogens is 337 g/mol. The first-order valence-electron chi connectivity index (χ1n) is 5.86. The molecule has 0 aliphatic carbocycles. The predicted molar refractivity (Wildman–Crippen MR) is 78.6 cm³/mol. The summed E-state index contributed by atoms with van der Waals surface area (Å²) in [4.78, 5) is 11.1. The minimum atomic E-state index is -3.88. The van der Waals surface area contributed by atoms with Crippen LogP contribution in [0.15, 0.2) is 52.0 Å². The first-order chi connectivity index (χ1) is 9.89. The molecule has 0 saturated heterocycles. The number of furan rings is 1. The maximum absolute atomic E-state index is 12.5. The van der Waals surface area contributed by atoms with Gasteiger partial charge in [0.1, 0.15) is 5.76 Å². The van der Waals surface area contributed by atoms with E-state index in [2.05, 4.69) is 0 Å². The first kappa shape index (κ1) is 16.0. The van der Waals surface area contributed by atoms with Crippen LogP contribution < -0.4 is 0 Å². The topological polar surface area (TPSA) is 67.6 Å². The number of rotatable bonds is 6. The third kappa shape index (κ3) is 4.07. The van der Waals surface area contributed by atoms with E-state index in [9.17, 15) is 13.2 Å². The Kier molecular flexibility index (Phi) is 5.05. The molecule has 8 heteroatoms. The summed E-state index contributed by atoms with van der Waals surface area (Å²) in [7, 11) is -3.88. The van der Waals surface area contributed by atoms with Crippen molar-refractivity contribution in [3.05, 3.63) is 53.4 Å². The van der Waals surface area contributed by atoms with Crippen molar-refractivity contribution in [3.63, 3.8) is 0 Å². The molecule has 0 unspecified atom stereocenters. The van der Waals surface area contributed by atoms with Crippen LogP contribution in [-0.2, 0) is 21.4 Å². The molecule has 0 aliphatic heterocycles. The van der Waals surface area contributed by atoms with Crippen LogP contribution in [0.2, 0.25) is 5.02 Å². The summed E-state index contributed by atoms with van der Waals surface area (Å²) >= 11 is 11.1. The van der Waals surface area contributed by atoms with E-state index in [0.29, 0.717) is 10.8 Å². The lowest BCUT2D eigenvalue weighted by molar-refractivity contribution is -0.112. The van der Waals surface area contributed by atoms with Crippen LogP contribution in [0.1, 0.15) is 5.76 Å². The van der Waals surface area contributed by atoms with Gasteiger partial charge in [0.15, 0.2) is 0 Å². The van der Waals surface area contributed by atoms with Gasteiger partial charge in [0, 0.05) is 5.02 Å². The van der Waals surface area contributed by atoms with Crippen molar-refractivity contribution < 1.29 is 17.6 Å². The first-order valence-corrected chi connectivity index (χ1v) is 8.05. The Hall–Kier alpha value is -1.34. The summed E-state index contributed by atoms with van der Waals surface area (Å²) in [5.74, 6) is 0.408. The number of nitrogens with zero attached hydrogens (tertiary/aromatic N) is 1. The minimum Gasteiger partial charge on any atom is -0.468 e. The molecule has 0 aliphatic rings. The maximum Gasteiger partial charge on any atom is 0.243 e. The Morgan fingerprint density at radius 2 is 1.86 bits per heavy atom. The molecule has 0 atom stereocenters. The zero-order valence-electron chi connectivity index (χ0n) is 10.7. The standard InChI is InChI=1S/C13H11Cl2NO4S/c14-10-3-5-12(6-4-10)21(18,19)16(9-13(15)17)8-11-2-1-7-20-11/h1-7H,8-9H2. The van der Waals surface area contributed by atoms with Gasteiger partial charge in [0.2, 0.25) is 15.3 Å². The van der Waals surface area contributed by atoms with Crippen LogP contribution in [0.5, 0.6) is 0 Å². The second kappa shape index (κ2) is 6.62. The molecule has 0 N–H and O–H groups in total. The molecular formula is C13H11Cl2NO4S. The van der Waals surface area contributed by atoms with Crippen LogP contribution in [0.3, 0.4) is 0 Å². The van der Waals surface area contributed by atoms with Gasteiger partial charge in [-0.15, -0.1) is 0 Å². The molecule has 1 heterocycles. The van der Waals surface area contributed by atoms with Gasteiger partial charge in [-0.05, 0) is 48.0 Å². The zero-order valence-corrected chi connectivity index (χ0v) is 13.0. The molecule has 1 aromatic carbocycles. The van der Waals surface area contributed by atoms with E-state index in [1.807, 2.05) is 0 Å². The van der Waals surface area contributed by atoms with Crippen LogP contribution in [0, 0.1) is 0 Å². The van der Waals surface area contributed by atoms with Gasteiger partial charge in [-0.3, -0.25) is 4.79 Å². The second-order valence-corrected chi connectivity index (χ2v) is 6.96. The molecule has 0 fully saturated rings. The molecule has 2 rings (SSSR count). The van der Waals surface area contributed by atoms with Crippen LogP contribution in [0.25, 0.3) is 0 Å². The lowest BCUT2D eigenvalue weighted by Crippen LogP contribution is -2.33. The van der Waals surface area contributed by atoms with Crippen molar-refractivity contribution in [1.82, 2.24) is 4.31 Å². The Morgan fingerprint density at radius 1 is 1.19 bits per heavy atom. The number of hydrogen-bond acceptors (Lipinski definition) is 4. The summed E-state index contributed by atoms with van der Waals surface area (Å²) in [6.07, 6.45) is 1.42. The molecule has 0 spiro atoms. The summed E-state index contributed by atoms with van der Waals surface area (Å²) in [5.41, 5.74) is 0. The monoisotopic (exact) mass is 347 g/mol. The molecule has 21 heavy (non-hydrogen) atoms. The number of sulfonamides is 1. The fourth-order valence-corrected chi connectivity index (χ4v) is 3.40. The highest BCUT2D eigenvalue weighted by Crippen LogP contribution is 2.20. The molecule has 0 radical (unpaired) electrons. The molecule has 0 amide bonds. The molecule has 112 valence electrons. The fourth-order valence-electron chi connectivity index (χ4n) is 1.70. The van der Waals surface area contributed by atoms with Gasteiger partial charge in [0.05, 0.1) is 24.2 Å². The Balaban J connectivity index is 2.34. The van der Waals surface area contributed by atoms with Crippen LogP contribution >= 0.6 is 23.2 Å². The molecule has 0 saturated carbocycles. The minimum absolute atomic E-state index is 0.0244. The molecule has 5 nitrogen and oxygen atoms in total. The average molecular weight is 348 g/mol. The number of carbonyl (C=O) groups is 1. The molecule has 2 aromatic rings. The van der Waals surface area contributed by atoms with Crippen molar-refractivity contribution >= 4 is 38.5 Å². The SMILES string of the molecule is O=C(Cl)CN(Cc1ccco1)S(=O)(=O)c1ccc(Cl)cc1. The van der Waals surface area contributed by atoms with Gasteiger partial charge in [-0.1, -0.05) is 11.6 Å². The van der Waals surface area contributed by atoms with Crippen molar-refractivity contribution in [2.45, 2.75) is 11.4 Å². The third-order valence-electron chi connectivity index (χ3n) is 2.66. The Morgan fingerprint density at radius 3 is 2.38 bits per heavy atom. The average Bonchev–Trinajstić information content (AvgIpc) is 2.91. The highest BCUT2D eigenvalue weighted by atomic mass is 35.5. The summed E-state index contributed by atoms with van der Waals surface area (Å²) in [6.45, 7) is -0.538. The van der Waals surface area contributed by atoms with E-state index in [1.165, 1.54) is 30.5 Å². The number of halogens is 2. The van der Waals surface area contributed by atoms with E-state index in [-0.39, 0.29) is 11.4 Å².